The number of rotatable bonds is 3. The van der Waals surface area contributed by atoms with E-state index in [1.165, 1.54) is 6.26 Å². The zero-order valence-electron chi connectivity index (χ0n) is 10.8. The molecule has 2 rings (SSSR count). The van der Waals surface area contributed by atoms with Gasteiger partial charge in [0.2, 0.25) is 0 Å². The molecule has 0 saturated heterocycles. The number of nitrogens with two attached hydrogens (primary N) is 1. The molecule has 0 spiro atoms. The van der Waals surface area contributed by atoms with Crippen molar-refractivity contribution in [1.29, 1.82) is 0 Å². The molecule has 0 aliphatic rings. The summed E-state index contributed by atoms with van der Waals surface area (Å²) in [5.74, 6) is 0. The molecule has 0 amide bonds. The first-order valence-corrected chi connectivity index (χ1v) is 8.42. The molecule has 3 nitrogen and oxygen atoms in total. The van der Waals surface area contributed by atoms with Crippen molar-refractivity contribution in [2.75, 3.05) is 12.0 Å². The lowest BCUT2D eigenvalue weighted by Crippen LogP contribution is -1.96. The van der Waals surface area contributed by atoms with E-state index in [0.29, 0.717) is 4.90 Å². The van der Waals surface area contributed by atoms with E-state index in [1.54, 1.807) is 23.9 Å². The Morgan fingerprint density at radius 3 is 2.26 bits per heavy atom. The van der Waals surface area contributed by atoms with Gasteiger partial charge in [0.15, 0.2) is 9.84 Å². The zero-order valence-corrected chi connectivity index (χ0v) is 12.4. The molecule has 0 aliphatic heterocycles. The molecule has 100 valence electrons. The van der Waals surface area contributed by atoms with Crippen molar-refractivity contribution < 1.29 is 8.42 Å². The predicted octanol–water partition coefficient (Wildman–Crippen LogP) is 3.13. The van der Waals surface area contributed by atoms with Gasteiger partial charge in [0.25, 0.3) is 0 Å². The molecule has 5 heteroatoms. The minimum Gasteiger partial charge on any atom is -0.398 e. The Morgan fingerprint density at radius 1 is 1.05 bits per heavy atom. The minimum absolute atomic E-state index is 0.334. The quantitative estimate of drug-likeness (QED) is 0.883. The Kier molecular flexibility index (Phi) is 3.87. The van der Waals surface area contributed by atoms with E-state index < -0.39 is 9.84 Å². The monoisotopic (exact) mass is 293 g/mol. The standard InChI is InChI=1S/C14H15NO2S2/c1-10-13(15)4-3-5-14(10)18-11-6-8-12(9-7-11)19(2,16)17/h3-9H,15H2,1-2H3. The summed E-state index contributed by atoms with van der Waals surface area (Å²) < 4.78 is 22.8. The van der Waals surface area contributed by atoms with E-state index in [2.05, 4.69) is 0 Å². The topological polar surface area (TPSA) is 60.2 Å². The van der Waals surface area contributed by atoms with E-state index in [9.17, 15) is 8.42 Å². The Hall–Kier alpha value is -1.46. The van der Waals surface area contributed by atoms with E-state index >= 15 is 0 Å². The van der Waals surface area contributed by atoms with Crippen molar-refractivity contribution in [1.82, 2.24) is 0 Å². The molecule has 2 N–H and O–H groups in total. The molecule has 0 atom stereocenters. The number of nitrogen functional groups attached to an aromatic ring is 1. The molecule has 0 aromatic heterocycles. The molecule has 0 heterocycles. The van der Waals surface area contributed by atoms with E-state index in [0.717, 1.165) is 21.0 Å². The third-order valence-corrected chi connectivity index (χ3v) is 5.10. The summed E-state index contributed by atoms with van der Waals surface area (Å²) in [5.41, 5.74) is 7.67. The second-order valence-electron chi connectivity index (χ2n) is 4.32. The van der Waals surface area contributed by atoms with Gasteiger partial charge in [0.1, 0.15) is 0 Å². The van der Waals surface area contributed by atoms with Gasteiger partial charge in [-0.25, -0.2) is 8.42 Å². The average molecular weight is 293 g/mol. The van der Waals surface area contributed by atoms with Crippen LogP contribution < -0.4 is 5.73 Å². The summed E-state index contributed by atoms with van der Waals surface area (Å²) in [4.78, 5) is 2.40. The molecule has 2 aromatic carbocycles. The Bertz CT molecular complexity index is 692. The first kappa shape index (κ1) is 14.0. The third kappa shape index (κ3) is 3.30. The first-order valence-electron chi connectivity index (χ1n) is 5.71. The van der Waals surface area contributed by atoms with Crippen LogP contribution in [-0.2, 0) is 9.84 Å². The highest BCUT2D eigenvalue weighted by atomic mass is 32.2. The first-order chi connectivity index (χ1) is 8.88. The van der Waals surface area contributed by atoms with Crippen LogP contribution in [-0.4, -0.2) is 14.7 Å². The van der Waals surface area contributed by atoms with Gasteiger partial charge in [-0.15, -0.1) is 0 Å². The van der Waals surface area contributed by atoms with Gasteiger partial charge >= 0.3 is 0 Å². The fourth-order valence-electron chi connectivity index (χ4n) is 1.62. The Morgan fingerprint density at radius 2 is 1.68 bits per heavy atom. The number of sulfone groups is 1. The number of benzene rings is 2. The van der Waals surface area contributed by atoms with Crippen molar-refractivity contribution in [2.45, 2.75) is 21.6 Å². The van der Waals surface area contributed by atoms with Crippen molar-refractivity contribution in [3.8, 4) is 0 Å². The van der Waals surface area contributed by atoms with Crippen LogP contribution in [0.5, 0.6) is 0 Å². The van der Waals surface area contributed by atoms with Gasteiger partial charge in [0, 0.05) is 21.7 Å². The fraction of sp³-hybridized carbons (Fsp3) is 0.143. The molecule has 2 aromatic rings. The average Bonchev–Trinajstić information content (AvgIpc) is 2.35. The summed E-state index contributed by atoms with van der Waals surface area (Å²) in [6, 6.07) is 12.6. The largest absolute Gasteiger partial charge is 0.398 e. The van der Waals surface area contributed by atoms with Crippen LogP contribution in [0.3, 0.4) is 0 Å². The maximum atomic E-state index is 11.4. The van der Waals surface area contributed by atoms with Gasteiger partial charge in [-0.2, -0.15) is 0 Å². The van der Waals surface area contributed by atoms with Crippen LogP contribution in [0, 0.1) is 6.92 Å². The van der Waals surface area contributed by atoms with Crippen LogP contribution in [0.1, 0.15) is 5.56 Å². The van der Waals surface area contributed by atoms with Crippen LogP contribution in [0.4, 0.5) is 5.69 Å². The smallest absolute Gasteiger partial charge is 0.175 e. The Labute approximate surface area is 117 Å². The lowest BCUT2D eigenvalue weighted by Gasteiger charge is -2.08. The maximum Gasteiger partial charge on any atom is 0.175 e. The van der Waals surface area contributed by atoms with Crippen molar-refractivity contribution in [3.05, 3.63) is 48.0 Å². The predicted molar refractivity (Wildman–Crippen MR) is 79.3 cm³/mol. The third-order valence-electron chi connectivity index (χ3n) is 2.81. The Balaban J connectivity index is 2.27. The van der Waals surface area contributed by atoms with Crippen LogP contribution in [0.15, 0.2) is 57.2 Å². The second kappa shape index (κ2) is 5.27. The fourth-order valence-corrected chi connectivity index (χ4v) is 3.20. The molecular formula is C14H15NO2S2. The summed E-state index contributed by atoms with van der Waals surface area (Å²) in [5, 5.41) is 0. The molecular weight excluding hydrogens is 278 g/mol. The molecule has 0 bridgehead atoms. The highest BCUT2D eigenvalue weighted by molar-refractivity contribution is 7.99. The summed E-state index contributed by atoms with van der Waals surface area (Å²) in [6.45, 7) is 1.97. The van der Waals surface area contributed by atoms with Crippen LogP contribution in [0.25, 0.3) is 0 Å². The number of hydrogen-bond donors (Lipinski definition) is 1. The number of hydrogen-bond acceptors (Lipinski definition) is 4. The van der Waals surface area contributed by atoms with Crippen LogP contribution >= 0.6 is 11.8 Å². The molecule has 0 aliphatic carbocycles. The zero-order chi connectivity index (χ0) is 14.0. The van der Waals surface area contributed by atoms with Gasteiger partial charge in [-0.05, 0) is 48.9 Å². The van der Waals surface area contributed by atoms with Gasteiger partial charge < -0.3 is 5.73 Å². The summed E-state index contributed by atoms with van der Waals surface area (Å²) in [6.07, 6.45) is 1.21. The lowest BCUT2D eigenvalue weighted by molar-refractivity contribution is 0.602. The summed E-state index contributed by atoms with van der Waals surface area (Å²) in [7, 11) is -3.14. The molecule has 0 unspecified atom stereocenters. The highest BCUT2D eigenvalue weighted by Crippen LogP contribution is 2.32. The normalized spacial score (nSPS) is 11.5. The van der Waals surface area contributed by atoms with E-state index in [-0.39, 0.29) is 0 Å². The minimum atomic E-state index is -3.14. The van der Waals surface area contributed by atoms with Crippen molar-refractivity contribution in [3.63, 3.8) is 0 Å². The van der Waals surface area contributed by atoms with Crippen molar-refractivity contribution in [2.24, 2.45) is 0 Å². The highest BCUT2D eigenvalue weighted by Gasteiger charge is 2.08. The maximum absolute atomic E-state index is 11.4. The number of anilines is 1. The SMILES string of the molecule is Cc1c(N)cccc1Sc1ccc(S(C)(=O)=O)cc1. The van der Waals surface area contributed by atoms with Gasteiger partial charge in [-0.3, -0.25) is 0 Å². The molecule has 0 fully saturated rings. The van der Waals surface area contributed by atoms with Gasteiger partial charge in [-0.1, -0.05) is 17.8 Å². The molecule has 0 saturated carbocycles. The van der Waals surface area contributed by atoms with E-state index in [4.69, 9.17) is 5.73 Å². The van der Waals surface area contributed by atoms with Gasteiger partial charge in [0.05, 0.1) is 4.90 Å². The lowest BCUT2D eigenvalue weighted by atomic mass is 10.2. The second-order valence-corrected chi connectivity index (χ2v) is 7.45. The molecule has 0 radical (unpaired) electrons. The summed E-state index contributed by atoms with van der Waals surface area (Å²) >= 11 is 1.57. The van der Waals surface area contributed by atoms with Crippen molar-refractivity contribution >= 4 is 27.3 Å². The van der Waals surface area contributed by atoms with Crippen LogP contribution in [0.2, 0.25) is 0 Å². The molecule has 19 heavy (non-hydrogen) atoms. The van der Waals surface area contributed by atoms with E-state index in [1.807, 2.05) is 37.3 Å².